The smallest absolute Gasteiger partial charge is 0.341 e. The first-order chi connectivity index (χ1) is 8.97. The van der Waals surface area contributed by atoms with Crippen molar-refractivity contribution >= 4 is 40.8 Å². The van der Waals surface area contributed by atoms with E-state index < -0.39 is 5.97 Å². The molecule has 0 amide bonds. The topological polar surface area (TPSA) is 59.4 Å². The summed E-state index contributed by atoms with van der Waals surface area (Å²) in [6, 6.07) is 7.23. The normalized spacial score (nSPS) is 10.3. The standard InChI is InChI=1S/C12H6Cl3NO3/c13-6-1-3-8(14)9(5-6)19-11-7(12(17)18)2-4-10(15)16-11/h1-5H,(H,17,18). The molecule has 4 nitrogen and oxygen atoms in total. The van der Waals surface area contributed by atoms with Crippen LogP contribution in [-0.2, 0) is 0 Å². The van der Waals surface area contributed by atoms with Crippen LogP contribution in [-0.4, -0.2) is 16.1 Å². The molecule has 0 aliphatic carbocycles. The fraction of sp³-hybridized carbons (Fsp3) is 0. The van der Waals surface area contributed by atoms with Gasteiger partial charge >= 0.3 is 5.97 Å². The Labute approximate surface area is 123 Å². The summed E-state index contributed by atoms with van der Waals surface area (Å²) < 4.78 is 5.37. The Bertz CT molecular complexity index is 646. The lowest BCUT2D eigenvalue weighted by Gasteiger charge is -2.09. The lowest BCUT2D eigenvalue weighted by Crippen LogP contribution is -2.02. The molecule has 0 saturated heterocycles. The zero-order valence-corrected chi connectivity index (χ0v) is 11.5. The number of rotatable bonds is 3. The van der Waals surface area contributed by atoms with E-state index in [1.54, 1.807) is 6.07 Å². The summed E-state index contributed by atoms with van der Waals surface area (Å²) in [5, 5.41) is 9.83. The van der Waals surface area contributed by atoms with E-state index in [0.29, 0.717) is 5.02 Å². The number of ether oxygens (including phenoxy) is 1. The Morgan fingerprint density at radius 1 is 1.16 bits per heavy atom. The number of carboxylic acid groups (broad SMARTS) is 1. The third-order valence-corrected chi connectivity index (χ3v) is 2.91. The number of halogens is 3. The summed E-state index contributed by atoms with van der Waals surface area (Å²) >= 11 is 17.5. The van der Waals surface area contributed by atoms with Crippen molar-refractivity contribution < 1.29 is 14.6 Å². The predicted octanol–water partition coefficient (Wildman–Crippen LogP) is 4.53. The van der Waals surface area contributed by atoms with E-state index >= 15 is 0 Å². The summed E-state index contributed by atoms with van der Waals surface area (Å²) in [5.41, 5.74) is -0.125. The molecule has 98 valence electrons. The highest BCUT2D eigenvalue weighted by molar-refractivity contribution is 6.34. The Balaban J connectivity index is 2.45. The predicted molar refractivity (Wildman–Crippen MR) is 72.7 cm³/mol. The third kappa shape index (κ3) is 3.29. The van der Waals surface area contributed by atoms with Gasteiger partial charge in [0, 0.05) is 11.1 Å². The average Bonchev–Trinajstić information content (AvgIpc) is 2.33. The summed E-state index contributed by atoms with van der Waals surface area (Å²) in [4.78, 5) is 14.9. The van der Waals surface area contributed by atoms with E-state index in [1.165, 1.54) is 24.3 Å². The van der Waals surface area contributed by atoms with Crippen LogP contribution in [0.15, 0.2) is 30.3 Å². The molecule has 19 heavy (non-hydrogen) atoms. The Kier molecular flexibility index (Phi) is 4.14. The van der Waals surface area contributed by atoms with Crippen LogP contribution in [0.2, 0.25) is 15.2 Å². The molecular weight excluding hydrogens is 312 g/mol. The highest BCUT2D eigenvalue weighted by Crippen LogP contribution is 2.33. The molecule has 2 rings (SSSR count). The SMILES string of the molecule is O=C(O)c1ccc(Cl)nc1Oc1cc(Cl)ccc1Cl. The molecule has 1 aromatic heterocycles. The maximum atomic E-state index is 11.1. The largest absolute Gasteiger partial charge is 0.477 e. The fourth-order valence-electron chi connectivity index (χ4n) is 1.32. The number of aromatic carboxylic acids is 1. The number of hydrogen-bond acceptors (Lipinski definition) is 3. The number of aromatic nitrogens is 1. The molecular formula is C12H6Cl3NO3. The fourth-order valence-corrected chi connectivity index (χ4v) is 1.78. The van der Waals surface area contributed by atoms with Crippen molar-refractivity contribution in [3.8, 4) is 11.6 Å². The van der Waals surface area contributed by atoms with Gasteiger partial charge in [-0.3, -0.25) is 0 Å². The van der Waals surface area contributed by atoms with Crippen LogP contribution in [0, 0.1) is 0 Å². The first kappa shape index (κ1) is 13.9. The van der Waals surface area contributed by atoms with E-state index in [4.69, 9.17) is 44.6 Å². The van der Waals surface area contributed by atoms with Crippen LogP contribution in [0.3, 0.4) is 0 Å². The van der Waals surface area contributed by atoms with Crippen LogP contribution in [0.4, 0.5) is 0 Å². The van der Waals surface area contributed by atoms with Gasteiger partial charge in [0.2, 0.25) is 5.88 Å². The zero-order chi connectivity index (χ0) is 14.0. The lowest BCUT2D eigenvalue weighted by atomic mass is 10.3. The van der Waals surface area contributed by atoms with Crippen molar-refractivity contribution in [2.45, 2.75) is 0 Å². The van der Waals surface area contributed by atoms with Crippen molar-refractivity contribution in [3.63, 3.8) is 0 Å². The van der Waals surface area contributed by atoms with E-state index in [2.05, 4.69) is 4.98 Å². The first-order valence-corrected chi connectivity index (χ1v) is 6.13. The van der Waals surface area contributed by atoms with E-state index in [9.17, 15) is 4.79 Å². The van der Waals surface area contributed by atoms with Crippen LogP contribution in [0.1, 0.15) is 10.4 Å². The van der Waals surface area contributed by atoms with Gasteiger partial charge in [-0.25, -0.2) is 9.78 Å². The van der Waals surface area contributed by atoms with E-state index in [-0.39, 0.29) is 27.4 Å². The minimum Gasteiger partial charge on any atom is -0.477 e. The average molecular weight is 319 g/mol. The first-order valence-electron chi connectivity index (χ1n) is 5.00. The van der Waals surface area contributed by atoms with Crippen LogP contribution >= 0.6 is 34.8 Å². The molecule has 0 spiro atoms. The van der Waals surface area contributed by atoms with Gasteiger partial charge in [-0.2, -0.15) is 0 Å². The van der Waals surface area contributed by atoms with Crippen molar-refractivity contribution in [2.75, 3.05) is 0 Å². The molecule has 0 bridgehead atoms. The lowest BCUT2D eigenvalue weighted by molar-refractivity contribution is 0.0693. The van der Waals surface area contributed by atoms with Crippen molar-refractivity contribution in [2.24, 2.45) is 0 Å². The van der Waals surface area contributed by atoms with Crippen LogP contribution in [0.5, 0.6) is 11.6 Å². The zero-order valence-electron chi connectivity index (χ0n) is 9.23. The van der Waals surface area contributed by atoms with Gasteiger partial charge in [0.05, 0.1) is 5.02 Å². The molecule has 0 aliphatic rings. The minimum atomic E-state index is -1.18. The summed E-state index contributed by atoms with van der Waals surface area (Å²) in [7, 11) is 0. The van der Waals surface area contributed by atoms with Gasteiger partial charge in [-0.15, -0.1) is 0 Å². The molecule has 0 radical (unpaired) electrons. The van der Waals surface area contributed by atoms with Gasteiger partial charge in [0.15, 0.2) is 0 Å². The number of pyridine rings is 1. The van der Waals surface area contributed by atoms with E-state index in [1.807, 2.05) is 0 Å². The number of nitrogens with zero attached hydrogens (tertiary/aromatic N) is 1. The van der Waals surface area contributed by atoms with Gasteiger partial charge in [0.1, 0.15) is 16.5 Å². The summed E-state index contributed by atoms with van der Waals surface area (Å²) in [5.74, 6) is -1.13. The van der Waals surface area contributed by atoms with Crippen molar-refractivity contribution in [1.29, 1.82) is 0 Å². The molecule has 0 atom stereocenters. The van der Waals surface area contributed by atoms with Gasteiger partial charge in [0.25, 0.3) is 0 Å². The minimum absolute atomic E-state index is 0.109. The number of carbonyl (C=O) groups is 1. The second-order valence-corrected chi connectivity index (χ2v) is 4.70. The number of benzene rings is 1. The highest BCUT2D eigenvalue weighted by atomic mass is 35.5. The van der Waals surface area contributed by atoms with Gasteiger partial charge < -0.3 is 9.84 Å². The molecule has 0 aliphatic heterocycles. The molecule has 0 saturated carbocycles. The highest BCUT2D eigenvalue weighted by Gasteiger charge is 2.15. The summed E-state index contributed by atoms with van der Waals surface area (Å²) in [6.45, 7) is 0. The molecule has 1 N–H and O–H groups in total. The molecule has 7 heteroatoms. The molecule has 0 unspecified atom stereocenters. The van der Waals surface area contributed by atoms with Crippen molar-refractivity contribution in [3.05, 3.63) is 51.1 Å². The number of hydrogen-bond donors (Lipinski definition) is 1. The van der Waals surface area contributed by atoms with Gasteiger partial charge in [-0.1, -0.05) is 34.8 Å². The Morgan fingerprint density at radius 3 is 2.58 bits per heavy atom. The van der Waals surface area contributed by atoms with Crippen LogP contribution < -0.4 is 4.74 Å². The maximum Gasteiger partial charge on any atom is 0.341 e. The molecule has 2 aromatic rings. The third-order valence-electron chi connectivity index (χ3n) is 2.16. The quantitative estimate of drug-likeness (QED) is 0.844. The van der Waals surface area contributed by atoms with E-state index in [0.717, 1.165) is 0 Å². The monoisotopic (exact) mass is 317 g/mol. The number of carboxylic acids is 1. The molecule has 0 fully saturated rings. The van der Waals surface area contributed by atoms with Gasteiger partial charge in [-0.05, 0) is 24.3 Å². The van der Waals surface area contributed by atoms with Crippen molar-refractivity contribution in [1.82, 2.24) is 4.98 Å². The summed E-state index contributed by atoms with van der Waals surface area (Å²) in [6.07, 6.45) is 0. The second-order valence-electron chi connectivity index (χ2n) is 3.47. The maximum absolute atomic E-state index is 11.1. The second kappa shape index (κ2) is 5.65. The Hall–Kier alpha value is -1.49. The molecule has 1 aromatic carbocycles. The Morgan fingerprint density at radius 2 is 1.89 bits per heavy atom. The van der Waals surface area contributed by atoms with Crippen LogP contribution in [0.25, 0.3) is 0 Å². The molecule has 1 heterocycles.